The van der Waals surface area contributed by atoms with E-state index in [-0.39, 0.29) is 17.2 Å². The lowest BCUT2D eigenvalue weighted by Gasteiger charge is -2.20. The SMILES string of the molecule is C=CCC(Oc1ccc(N)c(C(F)(F)F)c1)c1cccc(O)c1. The summed E-state index contributed by atoms with van der Waals surface area (Å²) in [4.78, 5) is 0. The first-order valence-corrected chi connectivity index (χ1v) is 6.84. The molecule has 6 heteroatoms. The topological polar surface area (TPSA) is 55.5 Å². The van der Waals surface area contributed by atoms with Crippen LogP contribution in [-0.4, -0.2) is 5.11 Å². The summed E-state index contributed by atoms with van der Waals surface area (Å²) in [6.45, 7) is 3.62. The number of halogens is 3. The van der Waals surface area contributed by atoms with Crippen molar-refractivity contribution in [2.24, 2.45) is 0 Å². The Morgan fingerprint density at radius 1 is 1.22 bits per heavy atom. The van der Waals surface area contributed by atoms with Crippen molar-refractivity contribution in [1.82, 2.24) is 0 Å². The molecule has 3 N–H and O–H groups in total. The summed E-state index contributed by atoms with van der Waals surface area (Å²) in [5, 5.41) is 9.54. The molecule has 1 atom stereocenters. The molecule has 3 nitrogen and oxygen atoms in total. The molecule has 0 spiro atoms. The monoisotopic (exact) mass is 323 g/mol. The zero-order valence-electron chi connectivity index (χ0n) is 12.2. The molecule has 0 saturated heterocycles. The molecule has 1 unspecified atom stereocenters. The number of benzene rings is 2. The van der Waals surface area contributed by atoms with Crippen LogP contribution in [0.5, 0.6) is 11.5 Å². The van der Waals surface area contributed by atoms with Crippen molar-refractivity contribution in [3.63, 3.8) is 0 Å². The zero-order valence-corrected chi connectivity index (χ0v) is 12.2. The number of ether oxygens (including phenoxy) is 1. The van der Waals surface area contributed by atoms with Gasteiger partial charge >= 0.3 is 6.18 Å². The molecule has 0 aliphatic carbocycles. The number of hydrogen-bond acceptors (Lipinski definition) is 3. The van der Waals surface area contributed by atoms with Crippen molar-refractivity contribution >= 4 is 5.69 Å². The first-order valence-electron chi connectivity index (χ1n) is 6.84. The Balaban J connectivity index is 2.32. The number of aromatic hydroxyl groups is 1. The maximum absolute atomic E-state index is 12.9. The number of hydrogen-bond donors (Lipinski definition) is 2. The summed E-state index contributed by atoms with van der Waals surface area (Å²) < 4.78 is 44.4. The van der Waals surface area contributed by atoms with Crippen LogP contribution >= 0.6 is 0 Å². The van der Waals surface area contributed by atoms with E-state index in [1.165, 1.54) is 18.2 Å². The predicted octanol–water partition coefficient (Wildman–Crippen LogP) is 4.69. The van der Waals surface area contributed by atoms with Crippen LogP contribution < -0.4 is 10.5 Å². The summed E-state index contributed by atoms with van der Waals surface area (Å²) in [5.41, 5.74) is 4.71. The first-order chi connectivity index (χ1) is 10.8. The number of nitrogen functional groups attached to an aromatic ring is 1. The predicted molar refractivity (Wildman–Crippen MR) is 82.1 cm³/mol. The van der Waals surface area contributed by atoms with Crippen LogP contribution in [0.2, 0.25) is 0 Å². The lowest BCUT2D eigenvalue weighted by atomic mass is 10.1. The minimum absolute atomic E-state index is 0.0433. The van der Waals surface area contributed by atoms with Crippen molar-refractivity contribution < 1.29 is 23.0 Å². The normalized spacial score (nSPS) is 12.7. The number of anilines is 1. The van der Waals surface area contributed by atoms with Gasteiger partial charge in [-0.1, -0.05) is 18.2 Å². The molecular formula is C17H16F3NO2. The van der Waals surface area contributed by atoms with Crippen LogP contribution in [0.4, 0.5) is 18.9 Å². The van der Waals surface area contributed by atoms with E-state index in [0.29, 0.717) is 12.0 Å². The number of rotatable bonds is 5. The van der Waals surface area contributed by atoms with Gasteiger partial charge in [-0.3, -0.25) is 0 Å². The van der Waals surface area contributed by atoms with E-state index in [1.807, 2.05) is 0 Å². The van der Waals surface area contributed by atoms with Gasteiger partial charge in [0.1, 0.15) is 17.6 Å². The van der Waals surface area contributed by atoms with Gasteiger partial charge in [-0.05, 0) is 35.9 Å². The third-order valence-electron chi connectivity index (χ3n) is 3.23. The Morgan fingerprint density at radius 3 is 2.57 bits per heavy atom. The average molecular weight is 323 g/mol. The van der Waals surface area contributed by atoms with Crippen LogP contribution in [0.15, 0.2) is 55.1 Å². The minimum atomic E-state index is -4.55. The van der Waals surface area contributed by atoms with Crippen molar-refractivity contribution in [1.29, 1.82) is 0 Å². The highest BCUT2D eigenvalue weighted by Gasteiger charge is 2.33. The number of alkyl halides is 3. The molecule has 0 amide bonds. The zero-order chi connectivity index (χ0) is 17.0. The van der Waals surface area contributed by atoms with Gasteiger partial charge in [-0.2, -0.15) is 13.2 Å². The Bertz CT molecular complexity index is 698. The molecule has 0 heterocycles. The van der Waals surface area contributed by atoms with Gasteiger partial charge in [0.25, 0.3) is 0 Å². The van der Waals surface area contributed by atoms with E-state index in [9.17, 15) is 18.3 Å². The van der Waals surface area contributed by atoms with E-state index in [2.05, 4.69) is 6.58 Å². The Hall–Kier alpha value is -2.63. The molecular weight excluding hydrogens is 307 g/mol. The summed E-state index contributed by atoms with van der Waals surface area (Å²) >= 11 is 0. The standard InChI is InChI=1S/C17H16F3NO2/c1-2-4-16(11-5-3-6-12(22)9-11)23-13-7-8-15(21)14(10-13)17(18,19)20/h2-3,5-10,16,22H,1,4,21H2. The molecule has 2 rings (SSSR count). The van der Waals surface area contributed by atoms with E-state index in [1.54, 1.807) is 18.2 Å². The summed E-state index contributed by atoms with van der Waals surface area (Å²) in [6, 6.07) is 9.75. The maximum atomic E-state index is 12.9. The number of phenolic OH excluding ortho intramolecular Hbond substituents is 1. The van der Waals surface area contributed by atoms with Gasteiger partial charge in [0, 0.05) is 12.1 Å². The van der Waals surface area contributed by atoms with Crippen LogP contribution in [0, 0.1) is 0 Å². The second kappa shape index (κ2) is 6.64. The summed E-state index contributed by atoms with van der Waals surface area (Å²) in [6.07, 6.45) is -3.15. The van der Waals surface area contributed by atoms with Crippen molar-refractivity contribution in [3.05, 3.63) is 66.2 Å². The van der Waals surface area contributed by atoms with Gasteiger partial charge in [0.05, 0.1) is 5.56 Å². The Kier molecular flexibility index (Phi) is 4.83. The molecule has 2 aromatic carbocycles. The molecule has 0 radical (unpaired) electrons. The Labute approximate surface area is 131 Å². The van der Waals surface area contributed by atoms with Gasteiger partial charge in [-0.25, -0.2) is 0 Å². The third kappa shape index (κ3) is 4.18. The summed E-state index contributed by atoms with van der Waals surface area (Å²) in [7, 11) is 0. The maximum Gasteiger partial charge on any atom is 0.418 e. The Morgan fingerprint density at radius 2 is 1.96 bits per heavy atom. The van der Waals surface area contributed by atoms with E-state index in [4.69, 9.17) is 10.5 Å². The van der Waals surface area contributed by atoms with Crippen LogP contribution in [0.1, 0.15) is 23.7 Å². The average Bonchev–Trinajstić information content (AvgIpc) is 2.47. The lowest BCUT2D eigenvalue weighted by Crippen LogP contribution is -2.11. The van der Waals surface area contributed by atoms with Gasteiger partial charge < -0.3 is 15.6 Å². The second-order valence-electron chi connectivity index (χ2n) is 4.97. The molecule has 122 valence electrons. The van der Waals surface area contributed by atoms with Crippen molar-refractivity contribution in [3.8, 4) is 11.5 Å². The highest BCUT2D eigenvalue weighted by Crippen LogP contribution is 2.37. The molecule has 0 fully saturated rings. The first kappa shape index (κ1) is 16.7. The largest absolute Gasteiger partial charge is 0.508 e. The van der Waals surface area contributed by atoms with Crippen LogP contribution in [0.3, 0.4) is 0 Å². The number of phenols is 1. The minimum Gasteiger partial charge on any atom is -0.508 e. The lowest BCUT2D eigenvalue weighted by molar-refractivity contribution is -0.137. The smallest absolute Gasteiger partial charge is 0.418 e. The van der Waals surface area contributed by atoms with Crippen molar-refractivity contribution in [2.45, 2.75) is 18.7 Å². The van der Waals surface area contributed by atoms with Crippen molar-refractivity contribution in [2.75, 3.05) is 5.73 Å². The molecule has 0 aliphatic rings. The second-order valence-corrected chi connectivity index (χ2v) is 4.97. The van der Waals surface area contributed by atoms with Gasteiger partial charge in [-0.15, -0.1) is 6.58 Å². The quantitative estimate of drug-likeness (QED) is 0.620. The fraction of sp³-hybridized carbons (Fsp3) is 0.176. The highest BCUT2D eigenvalue weighted by atomic mass is 19.4. The van der Waals surface area contributed by atoms with Crippen LogP contribution in [0.25, 0.3) is 0 Å². The highest BCUT2D eigenvalue weighted by molar-refractivity contribution is 5.52. The van der Waals surface area contributed by atoms with Gasteiger partial charge in [0.15, 0.2) is 0 Å². The van der Waals surface area contributed by atoms with E-state index >= 15 is 0 Å². The molecule has 0 bridgehead atoms. The molecule has 23 heavy (non-hydrogen) atoms. The van der Waals surface area contributed by atoms with Crippen LogP contribution in [-0.2, 0) is 6.18 Å². The fourth-order valence-corrected chi connectivity index (χ4v) is 2.15. The molecule has 0 aliphatic heterocycles. The third-order valence-corrected chi connectivity index (χ3v) is 3.23. The van der Waals surface area contributed by atoms with E-state index in [0.717, 1.165) is 12.1 Å². The number of nitrogens with two attached hydrogens (primary N) is 1. The van der Waals surface area contributed by atoms with E-state index < -0.39 is 17.8 Å². The molecule has 0 aromatic heterocycles. The molecule has 0 saturated carbocycles. The van der Waals surface area contributed by atoms with Gasteiger partial charge in [0.2, 0.25) is 0 Å². The molecule has 2 aromatic rings. The fourth-order valence-electron chi connectivity index (χ4n) is 2.15. The summed E-state index contributed by atoms with van der Waals surface area (Å²) in [5.74, 6) is 0.0927.